The van der Waals surface area contributed by atoms with Gasteiger partial charge in [0.25, 0.3) is 5.91 Å². The van der Waals surface area contributed by atoms with Gasteiger partial charge in [0, 0.05) is 13.6 Å². The van der Waals surface area contributed by atoms with E-state index in [4.69, 9.17) is 0 Å². The van der Waals surface area contributed by atoms with Crippen LogP contribution in [0.2, 0.25) is 0 Å². The molecule has 0 saturated carbocycles. The predicted octanol–water partition coefficient (Wildman–Crippen LogP) is 2.49. The van der Waals surface area contributed by atoms with Gasteiger partial charge in [-0.05, 0) is 43.6 Å². The molecule has 16 heavy (non-hydrogen) atoms. The molecule has 0 fully saturated rings. The summed E-state index contributed by atoms with van der Waals surface area (Å²) in [6.07, 6.45) is 1.61. The molecule has 0 unspecified atom stereocenters. The fourth-order valence-corrected chi connectivity index (χ4v) is 2.19. The Labute approximate surface area is 105 Å². The van der Waals surface area contributed by atoms with E-state index in [1.54, 1.807) is 18.1 Å². The van der Waals surface area contributed by atoms with Crippen molar-refractivity contribution < 1.29 is 4.79 Å². The Bertz CT molecular complexity index is 392. The van der Waals surface area contributed by atoms with Gasteiger partial charge in [0.15, 0.2) is 0 Å². The van der Waals surface area contributed by atoms with Crippen molar-refractivity contribution in [2.45, 2.75) is 33.2 Å². The number of carbonyl (C=O) groups excluding carboxylic acids is 1. The monoisotopic (exact) mass is 287 g/mol. The van der Waals surface area contributed by atoms with E-state index < -0.39 is 0 Å². The molecule has 0 spiro atoms. The maximum Gasteiger partial charge on any atom is 0.257 e. The number of aromatic nitrogens is 2. The van der Waals surface area contributed by atoms with Crippen LogP contribution in [-0.2, 0) is 5.54 Å². The molecular weight excluding hydrogens is 270 g/mol. The highest BCUT2D eigenvalue weighted by Crippen LogP contribution is 2.24. The molecule has 0 aromatic carbocycles. The minimum Gasteiger partial charge on any atom is -0.342 e. The zero-order valence-electron chi connectivity index (χ0n) is 10.4. The van der Waals surface area contributed by atoms with Crippen molar-refractivity contribution in [2.24, 2.45) is 0 Å². The Morgan fingerprint density at radius 1 is 1.56 bits per heavy atom. The lowest BCUT2D eigenvalue weighted by Gasteiger charge is -2.21. The van der Waals surface area contributed by atoms with Crippen LogP contribution in [0.5, 0.6) is 0 Å². The van der Waals surface area contributed by atoms with Crippen molar-refractivity contribution in [3.63, 3.8) is 0 Å². The van der Waals surface area contributed by atoms with E-state index in [0.29, 0.717) is 12.1 Å². The molecule has 1 amide bonds. The number of halogens is 1. The van der Waals surface area contributed by atoms with Gasteiger partial charge in [0.1, 0.15) is 4.60 Å². The summed E-state index contributed by atoms with van der Waals surface area (Å²) in [5.74, 6) is -0.00937. The van der Waals surface area contributed by atoms with E-state index in [-0.39, 0.29) is 11.4 Å². The van der Waals surface area contributed by atoms with Gasteiger partial charge in [0.2, 0.25) is 0 Å². The van der Waals surface area contributed by atoms with Gasteiger partial charge in [-0.25, -0.2) is 0 Å². The first-order chi connectivity index (χ1) is 7.29. The molecule has 0 aliphatic rings. The molecule has 1 aromatic heterocycles. The molecule has 0 aliphatic carbocycles. The lowest BCUT2D eigenvalue weighted by Crippen LogP contribution is -2.27. The highest BCUT2D eigenvalue weighted by Gasteiger charge is 2.23. The van der Waals surface area contributed by atoms with Crippen LogP contribution in [0.1, 0.15) is 38.1 Å². The number of hydrogen-bond acceptors (Lipinski definition) is 2. The first-order valence-corrected chi connectivity index (χ1v) is 6.07. The van der Waals surface area contributed by atoms with Gasteiger partial charge >= 0.3 is 0 Å². The third-order valence-electron chi connectivity index (χ3n) is 2.40. The van der Waals surface area contributed by atoms with Crippen LogP contribution < -0.4 is 0 Å². The second-order valence-electron chi connectivity index (χ2n) is 4.75. The highest BCUT2D eigenvalue weighted by molar-refractivity contribution is 9.10. The maximum atomic E-state index is 12.0. The Balaban J connectivity index is 3.10. The standard InChI is InChI=1S/C11H18BrN3O/c1-6-14(5)10(16)8-7-13-15(9(8)12)11(2,3)4/h7H,6H2,1-5H3. The van der Waals surface area contributed by atoms with Crippen molar-refractivity contribution in [1.29, 1.82) is 0 Å². The topological polar surface area (TPSA) is 38.1 Å². The summed E-state index contributed by atoms with van der Waals surface area (Å²) in [5, 5.41) is 4.25. The molecule has 1 rings (SSSR count). The van der Waals surface area contributed by atoms with Crippen LogP contribution in [0.4, 0.5) is 0 Å². The Kier molecular flexibility index (Phi) is 3.78. The minimum atomic E-state index is -0.137. The molecule has 5 heteroatoms. The third kappa shape index (κ3) is 2.45. The minimum absolute atomic E-state index is 0.00937. The summed E-state index contributed by atoms with van der Waals surface area (Å²) in [6, 6.07) is 0. The quantitative estimate of drug-likeness (QED) is 0.838. The fraction of sp³-hybridized carbons (Fsp3) is 0.636. The second kappa shape index (κ2) is 4.57. The number of nitrogens with zero attached hydrogens (tertiary/aromatic N) is 3. The van der Waals surface area contributed by atoms with Gasteiger partial charge in [-0.1, -0.05) is 0 Å². The number of rotatable bonds is 2. The first-order valence-electron chi connectivity index (χ1n) is 5.28. The smallest absolute Gasteiger partial charge is 0.257 e. The molecule has 1 aromatic rings. The molecule has 90 valence electrons. The van der Waals surface area contributed by atoms with Crippen molar-refractivity contribution in [1.82, 2.24) is 14.7 Å². The summed E-state index contributed by atoms with van der Waals surface area (Å²) < 4.78 is 2.55. The average molecular weight is 288 g/mol. The summed E-state index contributed by atoms with van der Waals surface area (Å²) in [7, 11) is 1.78. The van der Waals surface area contributed by atoms with Gasteiger partial charge in [-0.15, -0.1) is 0 Å². The van der Waals surface area contributed by atoms with E-state index in [1.807, 2.05) is 32.4 Å². The van der Waals surface area contributed by atoms with Crippen molar-refractivity contribution >= 4 is 21.8 Å². The molecule has 0 radical (unpaired) electrons. The van der Waals surface area contributed by atoms with E-state index in [9.17, 15) is 4.79 Å². The molecule has 0 saturated heterocycles. The summed E-state index contributed by atoms with van der Waals surface area (Å²) in [4.78, 5) is 13.6. The maximum absolute atomic E-state index is 12.0. The van der Waals surface area contributed by atoms with E-state index in [2.05, 4.69) is 21.0 Å². The van der Waals surface area contributed by atoms with Crippen LogP contribution >= 0.6 is 15.9 Å². The van der Waals surface area contributed by atoms with Crippen LogP contribution in [0.3, 0.4) is 0 Å². The number of hydrogen-bond donors (Lipinski definition) is 0. The van der Waals surface area contributed by atoms with Crippen LogP contribution in [-0.4, -0.2) is 34.2 Å². The molecule has 4 nitrogen and oxygen atoms in total. The van der Waals surface area contributed by atoms with Gasteiger partial charge in [0.05, 0.1) is 17.3 Å². The predicted molar refractivity (Wildman–Crippen MR) is 67.6 cm³/mol. The fourth-order valence-electron chi connectivity index (χ4n) is 1.29. The highest BCUT2D eigenvalue weighted by atomic mass is 79.9. The molecule has 0 N–H and O–H groups in total. The molecule has 0 atom stereocenters. The molecule has 0 aliphatic heterocycles. The zero-order valence-corrected chi connectivity index (χ0v) is 12.0. The van der Waals surface area contributed by atoms with Crippen molar-refractivity contribution in [3.05, 3.63) is 16.4 Å². The van der Waals surface area contributed by atoms with Crippen molar-refractivity contribution in [2.75, 3.05) is 13.6 Å². The summed E-state index contributed by atoms with van der Waals surface area (Å²) in [5.41, 5.74) is 0.474. The second-order valence-corrected chi connectivity index (χ2v) is 5.50. The zero-order chi connectivity index (χ0) is 12.5. The van der Waals surface area contributed by atoms with Gasteiger partial charge in [-0.2, -0.15) is 5.10 Å². The lowest BCUT2D eigenvalue weighted by atomic mass is 10.1. The largest absolute Gasteiger partial charge is 0.342 e. The molecular formula is C11H18BrN3O. The first kappa shape index (κ1) is 13.2. The Hall–Kier alpha value is -0.840. The van der Waals surface area contributed by atoms with Crippen LogP contribution in [0.25, 0.3) is 0 Å². The van der Waals surface area contributed by atoms with E-state index in [0.717, 1.165) is 4.60 Å². The number of carbonyl (C=O) groups is 1. The van der Waals surface area contributed by atoms with Crippen LogP contribution in [0.15, 0.2) is 10.8 Å². The Morgan fingerprint density at radius 2 is 2.12 bits per heavy atom. The molecule has 0 bridgehead atoms. The average Bonchev–Trinajstić information content (AvgIpc) is 2.57. The summed E-state index contributed by atoms with van der Waals surface area (Å²) in [6.45, 7) is 8.76. The normalized spacial score (nSPS) is 11.6. The van der Waals surface area contributed by atoms with Gasteiger partial charge in [-0.3, -0.25) is 9.48 Å². The van der Waals surface area contributed by atoms with E-state index >= 15 is 0 Å². The lowest BCUT2D eigenvalue weighted by molar-refractivity contribution is 0.0801. The SMILES string of the molecule is CCN(C)C(=O)c1cnn(C(C)(C)C)c1Br. The Morgan fingerprint density at radius 3 is 2.50 bits per heavy atom. The van der Waals surface area contributed by atoms with Gasteiger partial charge < -0.3 is 4.90 Å². The van der Waals surface area contributed by atoms with E-state index in [1.165, 1.54) is 0 Å². The van der Waals surface area contributed by atoms with Crippen molar-refractivity contribution in [3.8, 4) is 0 Å². The molecule has 1 heterocycles. The van der Waals surface area contributed by atoms with Crippen LogP contribution in [0, 0.1) is 0 Å². The summed E-state index contributed by atoms with van der Waals surface area (Å²) >= 11 is 3.44. The number of amides is 1. The third-order valence-corrected chi connectivity index (χ3v) is 3.16.